The SMILES string of the molecule is CC(=O)NCCNC(=O)[C@H]1C[NH+]2CC[C@@H]1C[C@@H]2Cn1cc(C[NH+](C)Cc2ccccc2)nn1. The molecule has 33 heavy (non-hydrogen) atoms. The smallest absolute Gasteiger partial charge is 0.229 e. The molecule has 3 aliphatic heterocycles. The molecule has 3 aliphatic rings. The van der Waals surface area contributed by atoms with E-state index in [0.29, 0.717) is 25.0 Å². The first kappa shape index (κ1) is 23.4. The van der Waals surface area contributed by atoms with E-state index in [1.54, 1.807) is 0 Å². The van der Waals surface area contributed by atoms with E-state index in [4.69, 9.17) is 0 Å². The highest BCUT2D eigenvalue weighted by Gasteiger charge is 2.46. The van der Waals surface area contributed by atoms with Crippen LogP contribution in [0, 0.1) is 11.8 Å². The summed E-state index contributed by atoms with van der Waals surface area (Å²) in [7, 11) is 2.18. The van der Waals surface area contributed by atoms with E-state index in [-0.39, 0.29) is 17.7 Å². The van der Waals surface area contributed by atoms with Crippen molar-refractivity contribution in [1.82, 2.24) is 25.6 Å². The van der Waals surface area contributed by atoms with Gasteiger partial charge in [-0.15, -0.1) is 5.10 Å². The number of rotatable bonds is 10. The van der Waals surface area contributed by atoms with Crippen molar-refractivity contribution < 1.29 is 19.4 Å². The number of benzene rings is 1. The molecule has 2 unspecified atom stereocenters. The molecule has 4 N–H and O–H groups in total. The zero-order valence-electron chi connectivity index (χ0n) is 19.7. The van der Waals surface area contributed by atoms with Crippen LogP contribution in [0.4, 0.5) is 0 Å². The summed E-state index contributed by atoms with van der Waals surface area (Å²) in [5.41, 5.74) is 2.34. The largest absolute Gasteiger partial charge is 0.355 e. The summed E-state index contributed by atoms with van der Waals surface area (Å²) in [6.45, 7) is 7.12. The van der Waals surface area contributed by atoms with Crippen molar-refractivity contribution in [3.63, 3.8) is 0 Å². The molecular formula is C24H37N7O2+2. The molecule has 3 saturated heterocycles. The van der Waals surface area contributed by atoms with Crippen molar-refractivity contribution in [2.24, 2.45) is 11.8 Å². The Kier molecular flexibility index (Phi) is 7.72. The van der Waals surface area contributed by atoms with E-state index < -0.39 is 0 Å². The Balaban J connectivity index is 1.24. The molecule has 178 valence electrons. The summed E-state index contributed by atoms with van der Waals surface area (Å²) in [5.74, 6) is 0.565. The molecule has 2 bridgehead atoms. The van der Waals surface area contributed by atoms with Gasteiger partial charge in [-0.2, -0.15) is 0 Å². The Morgan fingerprint density at radius 2 is 1.97 bits per heavy atom. The number of piperidine rings is 3. The van der Waals surface area contributed by atoms with Gasteiger partial charge >= 0.3 is 0 Å². The lowest BCUT2D eigenvalue weighted by Gasteiger charge is -2.46. The van der Waals surface area contributed by atoms with Gasteiger partial charge in [0, 0.05) is 38.4 Å². The number of carbonyl (C=O) groups is 2. The van der Waals surface area contributed by atoms with E-state index in [9.17, 15) is 9.59 Å². The maximum Gasteiger partial charge on any atom is 0.229 e. The van der Waals surface area contributed by atoms with E-state index in [2.05, 4.69) is 58.5 Å². The molecule has 1 aromatic heterocycles. The van der Waals surface area contributed by atoms with Gasteiger partial charge in [-0.05, 0) is 5.92 Å². The van der Waals surface area contributed by atoms with Gasteiger partial charge in [0.25, 0.3) is 0 Å². The van der Waals surface area contributed by atoms with Gasteiger partial charge < -0.3 is 20.4 Å². The Bertz CT molecular complexity index is 932. The summed E-state index contributed by atoms with van der Waals surface area (Å²) in [4.78, 5) is 26.5. The number of carbonyl (C=O) groups excluding carboxylic acids is 2. The van der Waals surface area contributed by atoms with Crippen molar-refractivity contribution in [3.05, 3.63) is 47.8 Å². The van der Waals surface area contributed by atoms with Crippen LogP contribution >= 0.6 is 0 Å². The van der Waals surface area contributed by atoms with Gasteiger partial charge in [-0.3, -0.25) is 9.59 Å². The second-order valence-corrected chi connectivity index (χ2v) is 9.70. The molecule has 0 spiro atoms. The fraction of sp³-hybridized carbons (Fsp3) is 0.583. The van der Waals surface area contributed by atoms with E-state index in [1.807, 2.05) is 10.7 Å². The number of hydrogen-bond acceptors (Lipinski definition) is 4. The highest BCUT2D eigenvalue weighted by atomic mass is 16.2. The van der Waals surface area contributed by atoms with Gasteiger partial charge in [0.1, 0.15) is 24.8 Å². The normalized spacial score (nSPS) is 24.9. The molecule has 0 aliphatic carbocycles. The monoisotopic (exact) mass is 455 g/mol. The molecule has 0 radical (unpaired) electrons. The number of amides is 2. The summed E-state index contributed by atoms with van der Waals surface area (Å²) in [6, 6.07) is 11.0. The van der Waals surface area contributed by atoms with Crippen LogP contribution in [0.2, 0.25) is 0 Å². The lowest BCUT2D eigenvalue weighted by atomic mass is 9.75. The topological polar surface area (TPSA) is 97.8 Å². The zero-order valence-corrected chi connectivity index (χ0v) is 19.7. The predicted octanol–water partition coefficient (Wildman–Crippen LogP) is -1.96. The zero-order chi connectivity index (χ0) is 23.2. The minimum absolute atomic E-state index is 0.0696. The van der Waals surface area contributed by atoms with Gasteiger partial charge in [0.15, 0.2) is 0 Å². The summed E-state index contributed by atoms with van der Waals surface area (Å²) < 4.78 is 1.99. The minimum atomic E-state index is -0.0696. The van der Waals surface area contributed by atoms with Crippen molar-refractivity contribution >= 4 is 11.8 Å². The Morgan fingerprint density at radius 3 is 2.70 bits per heavy atom. The average Bonchev–Trinajstić information content (AvgIpc) is 3.24. The number of nitrogens with zero attached hydrogens (tertiary/aromatic N) is 3. The van der Waals surface area contributed by atoms with E-state index >= 15 is 0 Å². The van der Waals surface area contributed by atoms with Gasteiger partial charge in [-0.1, -0.05) is 35.5 Å². The number of quaternary nitrogens is 2. The number of fused-ring (bicyclic) bond motifs is 3. The third kappa shape index (κ3) is 6.39. The minimum Gasteiger partial charge on any atom is -0.355 e. The van der Waals surface area contributed by atoms with Crippen molar-refractivity contribution in [1.29, 1.82) is 0 Å². The van der Waals surface area contributed by atoms with Crippen LogP contribution in [0.3, 0.4) is 0 Å². The van der Waals surface area contributed by atoms with Crippen LogP contribution in [-0.2, 0) is 29.2 Å². The van der Waals surface area contributed by atoms with Gasteiger partial charge in [0.05, 0.1) is 38.8 Å². The van der Waals surface area contributed by atoms with E-state index in [0.717, 1.165) is 51.3 Å². The molecule has 5 atom stereocenters. The molecule has 2 amide bonds. The molecule has 1 aromatic carbocycles. The predicted molar refractivity (Wildman–Crippen MR) is 123 cm³/mol. The van der Waals surface area contributed by atoms with Crippen LogP contribution in [-0.4, -0.2) is 66.1 Å². The first-order chi connectivity index (χ1) is 16.0. The fourth-order valence-corrected chi connectivity index (χ4v) is 5.42. The lowest BCUT2D eigenvalue weighted by Crippen LogP contribution is -3.20. The number of hydrogen-bond donors (Lipinski definition) is 4. The van der Waals surface area contributed by atoms with Crippen LogP contribution < -0.4 is 20.4 Å². The highest BCUT2D eigenvalue weighted by molar-refractivity contribution is 5.79. The van der Waals surface area contributed by atoms with E-state index in [1.165, 1.54) is 22.3 Å². The molecule has 4 heterocycles. The van der Waals surface area contributed by atoms with Crippen molar-refractivity contribution in [2.45, 2.75) is 45.4 Å². The molecular weight excluding hydrogens is 418 g/mol. The van der Waals surface area contributed by atoms with Crippen molar-refractivity contribution in [2.75, 3.05) is 33.2 Å². The van der Waals surface area contributed by atoms with Crippen LogP contribution in [0.1, 0.15) is 31.0 Å². The van der Waals surface area contributed by atoms with Gasteiger partial charge in [-0.25, -0.2) is 4.68 Å². The lowest BCUT2D eigenvalue weighted by molar-refractivity contribution is -0.945. The molecule has 9 heteroatoms. The highest BCUT2D eigenvalue weighted by Crippen LogP contribution is 2.27. The number of nitrogens with one attached hydrogen (secondary N) is 4. The van der Waals surface area contributed by atoms with Crippen LogP contribution in [0.5, 0.6) is 0 Å². The third-order valence-corrected chi connectivity index (χ3v) is 7.01. The van der Waals surface area contributed by atoms with Gasteiger partial charge in [0.2, 0.25) is 11.8 Å². The second kappa shape index (κ2) is 10.9. The number of aromatic nitrogens is 3. The first-order valence-electron chi connectivity index (χ1n) is 12.1. The summed E-state index contributed by atoms with van der Waals surface area (Å²) in [6.07, 6.45) is 4.24. The summed E-state index contributed by atoms with van der Waals surface area (Å²) >= 11 is 0. The Morgan fingerprint density at radius 1 is 1.18 bits per heavy atom. The molecule has 9 nitrogen and oxygen atoms in total. The Hall–Kier alpha value is -2.78. The quantitative estimate of drug-likeness (QED) is 0.313. The maximum atomic E-state index is 12.7. The van der Waals surface area contributed by atoms with Crippen LogP contribution in [0.15, 0.2) is 36.5 Å². The molecule has 2 aromatic rings. The van der Waals surface area contributed by atoms with Crippen molar-refractivity contribution in [3.8, 4) is 0 Å². The Labute approximate surface area is 195 Å². The first-order valence-corrected chi connectivity index (χ1v) is 12.1. The third-order valence-electron chi connectivity index (χ3n) is 7.01. The molecule has 5 rings (SSSR count). The fourth-order valence-electron chi connectivity index (χ4n) is 5.42. The summed E-state index contributed by atoms with van der Waals surface area (Å²) in [5, 5.41) is 14.5. The standard InChI is InChI=1S/C24H35N7O2/c1-18(32)25-9-10-26-24(33)23-17-30-11-8-20(23)12-22(30)16-31-15-21(27-28-31)14-29(2)13-19-6-4-3-5-7-19/h3-7,15,20,22-23H,8-14,16-17H2,1-2H3,(H,25,32)(H,26,33)/p+2/t20-,22-,23+/m1/s1. The maximum absolute atomic E-state index is 12.7. The second-order valence-electron chi connectivity index (χ2n) is 9.70. The molecule has 0 saturated carbocycles. The molecule has 3 fully saturated rings. The van der Waals surface area contributed by atoms with Crippen LogP contribution in [0.25, 0.3) is 0 Å². The average molecular weight is 456 g/mol.